The van der Waals surface area contributed by atoms with Crippen LogP contribution >= 0.6 is 0 Å². The van der Waals surface area contributed by atoms with E-state index in [0.29, 0.717) is 0 Å². The Morgan fingerprint density at radius 1 is 0.275 bits per heavy atom. The predicted octanol–water partition coefficient (Wildman–Crippen LogP) is 2.29. The van der Waals surface area contributed by atoms with Gasteiger partial charge in [0.25, 0.3) is 0 Å². The third kappa shape index (κ3) is 824. The first-order chi connectivity index (χ1) is 17.2. The zero-order valence-corrected chi connectivity index (χ0v) is 27.4. The van der Waals surface area contributed by atoms with Gasteiger partial charge in [-0.05, 0) is 11.8 Å². The van der Waals surface area contributed by atoms with E-state index in [1.54, 1.807) is 0 Å². The number of rotatable bonds is 0. The fourth-order valence-electron chi connectivity index (χ4n) is 0.438. The van der Waals surface area contributed by atoms with Crippen LogP contribution in [-0.4, -0.2) is 16.1 Å². The molecule has 210 valence electrons. The number of hydrogen-bond acceptors (Lipinski definition) is 0. The van der Waals surface area contributed by atoms with Gasteiger partial charge in [0.15, 0.2) is 0 Å². The summed E-state index contributed by atoms with van der Waals surface area (Å²) < 4.78 is 90.0. The fraction of sp³-hybridized carbons (Fsp3) is 0.273. The van der Waals surface area contributed by atoms with Gasteiger partial charge in [0.2, 0.25) is 0 Å². The summed E-state index contributed by atoms with van der Waals surface area (Å²) in [6.45, 7) is 67.4. The topological polar surface area (TPSA) is 239 Å². The van der Waals surface area contributed by atoms with Crippen LogP contribution in [0.5, 0.6) is 0 Å². The van der Waals surface area contributed by atoms with Gasteiger partial charge in [-0.15, -0.1) is 11.1 Å². The summed E-state index contributed by atoms with van der Waals surface area (Å²) in [5, 5.41) is 0. The van der Waals surface area contributed by atoms with Crippen molar-refractivity contribution in [2.75, 3.05) is 0 Å². The van der Waals surface area contributed by atoms with Crippen LogP contribution in [0.4, 0.5) is 0 Å². The molecule has 0 spiro atoms. The molecular formula is C22H18Co4O12Si2+12. The van der Waals surface area contributed by atoms with Crippen LogP contribution < -0.4 is 0 Å². The summed E-state index contributed by atoms with van der Waals surface area (Å²) in [4.78, 5) is 0. The van der Waals surface area contributed by atoms with Gasteiger partial charge in [-0.3, -0.25) is 0 Å². The van der Waals surface area contributed by atoms with Crippen LogP contribution in [0.2, 0.25) is 39.3 Å². The molecule has 0 atom stereocenters. The van der Waals surface area contributed by atoms with E-state index >= 15 is 0 Å². The van der Waals surface area contributed by atoms with Gasteiger partial charge in [0.05, 0.1) is 0 Å². The summed E-state index contributed by atoms with van der Waals surface area (Å²) in [5.74, 6) is 5.93. The Morgan fingerprint density at radius 3 is 0.400 bits per heavy atom. The maximum atomic E-state index is 7.50. The van der Waals surface area contributed by atoms with Crippen molar-refractivity contribution in [3.05, 3.63) is 79.8 Å². The summed E-state index contributed by atoms with van der Waals surface area (Å²) in [5.41, 5.74) is 6.46. The molecule has 0 amide bonds. The van der Waals surface area contributed by atoms with Crippen molar-refractivity contribution in [1.29, 1.82) is 0 Å². The van der Waals surface area contributed by atoms with Crippen LogP contribution in [0.15, 0.2) is 0 Å². The second kappa shape index (κ2) is 238. The predicted molar refractivity (Wildman–Crippen MR) is 109 cm³/mol. The van der Waals surface area contributed by atoms with Crippen molar-refractivity contribution >= 4 is 16.1 Å². The van der Waals surface area contributed by atoms with Gasteiger partial charge >= 0.3 is 203 Å². The maximum Gasteiger partial charge on any atom is 3.00 e. The molecule has 18 heteroatoms. The van der Waals surface area contributed by atoms with E-state index < -0.39 is 16.1 Å². The van der Waals surface area contributed by atoms with Crippen LogP contribution in [0.1, 0.15) is 0 Å². The zero-order chi connectivity index (χ0) is 33.8. The third-order valence-corrected chi connectivity index (χ3v) is 2.69. The average molecular weight is 766 g/mol. The van der Waals surface area contributed by atoms with E-state index in [-0.39, 0.29) is 67.1 Å². The van der Waals surface area contributed by atoms with Crippen molar-refractivity contribution in [2.45, 2.75) is 39.3 Å². The Kier molecular flexibility index (Phi) is 698. The van der Waals surface area contributed by atoms with E-state index in [2.05, 4.69) is 142 Å². The minimum atomic E-state index is -1.20. The van der Waals surface area contributed by atoms with Gasteiger partial charge in [0, 0.05) is 0 Å². The Morgan fingerprint density at radius 2 is 0.350 bits per heavy atom. The number of hydrogen-bond donors (Lipinski definition) is 0. The molecule has 12 nitrogen and oxygen atoms in total. The normalized spacial score (nSPS) is 3.85. The molecule has 0 radical (unpaired) electrons. The quantitative estimate of drug-likeness (QED) is 0.149. The molecule has 0 saturated heterocycles. The maximum absolute atomic E-state index is 7.50. The molecule has 0 aromatic heterocycles. The van der Waals surface area contributed by atoms with E-state index in [1.807, 2.05) is 0 Å². The second-order valence-electron chi connectivity index (χ2n) is 5.00. The molecule has 0 aliphatic rings. The van der Waals surface area contributed by atoms with E-state index in [4.69, 9.17) is 55.8 Å². The Balaban J connectivity index is -0.0000000109. The molecule has 0 aliphatic heterocycles. The SMILES string of the molecule is C[Si](C)(C)C#CC#C[Si](C)(C)C.[C-]#[O+].[C-]#[O+].[C-]#[O+].[C-]#[O+].[C-]#[O+].[C-]#[O+].[C-]#[O+].[C-]#[O+].[C-]#[O+].[C-]#[O+].[C-]#[O+].[C-]#[O+].[Co+3].[Co+3].[Co+3].[Co+3]. The molecule has 0 aliphatic carbocycles. The largest absolute Gasteiger partial charge is 3.00 e. The molecule has 0 aromatic rings. The molecule has 0 unspecified atom stereocenters. The zero-order valence-electron chi connectivity index (χ0n) is 21.2. The smallest absolute Gasteiger partial charge is 3.00 e. The molecule has 0 rings (SSSR count). The van der Waals surface area contributed by atoms with Gasteiger partial charge in [-0.2, -0.15) is 0 Å². The molecule has 0 N–H and O–H groups in total. The molecule has 0 bridgehead atoms. The summed E-state index contributed by atoms with van der Waals surface area (Å²) in [7, 11) is -2.40. The van der Waals surface area contributed by atoms with Crippen LogP contribution in [0.3, 0.4) is 0 Å². The summed E-state index contributed by atoms with van der Waals surface area (Å²) in [6.07, 6.45) is 0. The van der Waals surface area contributed by atoms with Crippen molar-refractivity contribution in [3.63, 3.8) is 0 Å². The van der Waals surface area contributed by atoms with Crippen molar-refractivity contribution in [3.8, 4) is 22.9 Å². The minimum absolute atomic E-state index is 0. The second-order valence-corrected chi connectivity index (χ2v) is 14.5. The third-order valence-electron chi connectivity index (χ3n) is 0.938. The molecular weight excluding hydrogens is 748 g/mol. The first kappa shape index (κ1) is 117. The first-order valence-corrected chi connectivity index (χ1v) is 13.7. The average Bonchev–Trinajstić information content (AvgIpc) is 2.99. The van der Waals surface area contributed by atoms with Crippen molar-refractivity contribution in [2.24, 2.45) is 0 Å². The van der Waals surface area contributed by atoms with E-state index in [9.17, 15) is 0 Å². The van der Waals surface area contributed by atoms with Gasteiger partial charge in [-0.1, -0.05) is 39.3 Å². The standard InChI is InChI=1S/C10H18Si2.12CO.4Co/c1-11(2,3)9-7-8-10-12(4,5)6;12*1-2;;;;/h1-6H3;;;;;;;;;;;;;;;;/q;;;;;;;;;;;;;4*+3. The van der Waals surface area contributed by atoms with Crippen molar-refractivity contribution < 1.29 is 123 Å². The van der Waals surface area contributed by atoms with E-state index in [0.717, 1.165) is 0 Å². The molecule has 0 aromatic carbocycles. The Bertz CT molecular complexity index is 596. The van der Waals surface area contributed by atoms with Crippen LogP contribution in [-0.2, 0) is 123 Å². The van der Waals surface area contributed by atoms with Gasteiger partial charge < -0.3 is 0 Å². The van der Waals surface area contributed by atoms with Crippen molar-refractivity contribution in [1.82, 2.24) is 0 Å². The fourth-order valence-corrected chi connectivity index (χ4v) is 1.31. The van der Waals surface area contributed by atoms with Gasteiger partial charge in [0.1, 0.15) is 16.1 Å². The molecule has 40 heavy (non-hydrogen) atoms. The monoisotopic (exact) mass is 766 g/mol. The minimum Gasteiger partial charge on any atom is 3.00 e. The van der Waals surface area contributed by atoms with Crippen LogP contribution in [0, 0.1) is 103 Å². The molecule has 0 heterocycles. The Hall–Kier alpha value is -1.54. The van der Waals surface area contributed by atoms with Gasteiger partial charge in [-0.25, -0.2) is 0 Å². The van der Waals surface area contributed by atoms with Crippen LogP contribution in [0.25, 0.3) is 0 Å². The first-order valence-electron chi connectivity index (χ1n) is 6.70. The molecule has 0 saturated carbocycles. The Labute approximate surface area is 279 Å². The summed E-state index contributed by atoms with van der Waals surface area (Å²) >= 11 is 0. The van der Waals surface area contributed by atoms with E-state index in [1.165, 1.54) is 0 Å². The summed E-state index contributed by atoms with van der Waals surface area (Å²) in [6, 6.07) is 0. The molecule has 0 fully saturated rings.